The molecule has 24 heavy (non-hydrogen) atoms. The molecule has 0 unspecified atom stereocenters. The lowest BCUT2D eigenvalue weighted by Crippen LogP contribution is -2.16. The number of carbonyl (C=O) groups excluding carboxylic acids is 1. The van der Waals surface area contributed by atoms with Crippen LogP contribution in [0.25, 0.3) is 16.8 Å². The molecule has 6 nitrogen and oxygen atoms in total. The van der Waals surface area contributed by atoms with Crippen molar-refractivity contribution in [2.24, 2.45) is 0 Å². The molecule has 1 amide bonds. The number of nitrogens with zero attached hydrogens (tertiary/aromatic N) is 4. The van der Waals surface area contributed by atoms with Crippen LogP contribution in [0.15, 0.2) is 73.3 Å². The minimum Gasteiger partial charge on any atom is -0.306 e. The molecule has 0 aliphatic heterocycles. The van der Waals surface area contributed by atoms with Gasteiger partial charge in [-0.3, -0.25) is 9.78 Å². The SMILES string of the molecule is O=C(Nc1ccnc2ccnn12)c1ccccc1-c1ccncc1. The van der Waals surface area contributed by atoms with Crippen LogP contribution in [0.3, 0.4) is 0 Å². The Hall–Kier alpha value is -3.54. The Balaban J connectivity index is 1.72. The standard InChI is InChI=1S/C18H13N5O/c24-18(22-17-7-11-20-16-8-12-21-23(16)17)15-4-2-1-3-14(15)13-5-9-19-10-6-13/h1-12H,(H,22,24). The van der Waals surface area contributed by atoms with Crippen LogP contribution in [-0.4, -0.2) is 25.5 Å². The molecule has 0 aliphatic carbocycles. The highest BCUT2D eigenvalue weighted by atomic mass is 16.1. The van der Waals surface area contributed by atoms with Crippen molar-refractivity contribution in [1.29, 1.82) is 0 Å². The molecule has 0 aliphatic rings. The molecule has 0 fully saturated rings. The summed E-state index contributed by atoms with van der Waals surface area (Å²) in [5.41, 5.74) is 3.05. The van der Waals surface area contributed by atoms with Gasteiger partial charge < -0.3 is 5.32 Å². The molecular weight excluding hydrogens is 302 g/mol. The summed E-state index contributed by atoms with van der Waals surface area (Å²) in [6.45, 7) is 0. The van der Waals surface area contributed by atoms with Gasteiger partial charge in [-0.25, -0.2) is 4.98 Å². The molecule has 0 atom stereocenters. The molecule has 0 radical (unpaired) electrons. The Bertz CT molecular complexity index is 1010. The van der Waals surface area contributed by atoms with Crippen molar-refractivity contribution < 1.29 is 4.79 Å². The molecule has 1 aromatic carbocycles. The summed E-state index contributed by atoms with van der Waals surface area (Å²) >= 11 is 0. The number of rotatable bonds is 3. The number of fused-ring (bicyclic) bond motifs is 1. The van der Waals surface area contributed by atoms with Gasteiger partial charge in [0.25, 0.3) is 5.91 Å². The van der Waals surface area contributed by atoms with E-state index in [1.165, 1.54) is 0 Å². The highest BCUT2D eigenvalue weighted by molar-refractivity contribution is 6.08. The van der Waals surface area contributed by atoms with Crippen molar-refractivity contribution in [3.05, 3.63) is 78.9 Å². The summed E-state index contributed by atoms with van der Waals surface area (Å²) in [5, 5.41) is 7.08. The number of amides is 1. The largest absolute Gasteiger partial charge is 0.306 e. The van der Waals surface area contributed by atoms with E-state index in [0.29, 0.717) is 17.0 Å². The first-order valence-corrected chi connectivity index (χ1v) is 7.42. The van der Waals surface area contributed by atoms with Gasteiger partial charge in [0.2, 0.25) is 0 Å². The number of nitrogens with one attached hydrogen (secondary N) is 1. The minimum atomic E-state index is -0.203. The van der Waals surface area contributed by atoms with Gasteiger partial charge >= 0.3 is 0 Å². The molecule has 0 spiro atoms. The molecule has 0 bridgehead atoms. The van der Waals surface area contributed by atoms with Crippen LogP contribution in [0.5, 0.6) is 0 Å². The van der Waals surface area contributed by atoms with Crippen LogP contribution in [0.2, 0.25) is 0 Å². The van der Waals surface area contributed by atoms with E-state index in [1.807, 2.05) is 30.3 Å². The van der Waals surface area contributed by atoms with Gasteiger partial charge in [-0.2, -0.15) is 9.61 Å². The van der Waals surface area contributed by atoms with Gasteiger partial charge in [-0.05, 0) is 35.4 Å². The highest BCUT2D eigenvalue weighted by Crippen LogP contribution is 2.23. The van der Waals surface area contributed by atoms with Crippen LogP contribution in [0.1, 0.15) is 10.4 Å². The summed E-state index contributed by atoms with van der Waals surface area (Å²) in [4.78, 5) is 21.0. The second-order valence-electron chi connectivity index (χ2n) is 5.17. The fourth-order valence-electron chi connectivity index (χ4n) is 2.58. The van der Waals surface area contributed by atoms with E-state index in [0.717, 1.165) is 11.1 Å². The lowest BCUT2D eigenvalue weighted by Gasteiger charge is -2.11. The molecule has 0 saturated heterocycles. The molecule has 4 rings (SSSR count). The zero-order chi connectivity index (χ0) is 16.4. The van der Waals surface area contributed by atoms with Gasteiger partial charge in [-0.1, -0.05) is 18.2 Å². The van der Waals surface area contributed by atoms with Gasteiger partial charge in [0.15, 0.2) is 5.65 Å². The Labute approximate surface area is 137 Å². The van der Waals surface area contributed by atoms with Crippen LogP contribution in [-0.2, 0) is 0 Å². The average Bonchev–Trinajstić information content (AvgIpc) is 3.12. The predicted molar refractivity (Wildman–Crippen MR) is 90.6 cm³/mol. The van der Waals surface area contributed by atoms with Crippen LogP contribution >= 0.6 is 0 Å². The quantitative estimate of drug-likeness (QED) is 0.631. The van der Waals surface area contributed by atoms with Crippen molar-refractivity contribution in [1.82, 2.24) is 19.6 Å². The number of carbonyl (C=O) groups is 1. The van der Waals surface area contributed by atoms with Gasteiger partial charge in [-0.15, -0.1) is 0 Å². The fourth-order valence-corrected chi connectivity index (χ4v) is 2.58. The van der Waals surface area contributed by atoms with E-state index < -0.39 is 0 Å². The molecule has 116 valence electrons. The van der Waals surface area contributed by atoms with Crippen molar-refractivity contribution in [3.63, 3.8) is 0 Å². The Morgan fingerprint density at radius 3 is 2.62 bits per heavy atom. The molecule has 4 aromatic rings. The lowest BCUT2D eigenvalue weighted by atomic mass is 10.0. The first kappa shape index (κ1) is 14.1. The third-order valence-corrected chi connectivity index (χ3v) is 3.69. The predicted octanol–water partition coefficient (Wildman–Crippen LogP) is 3.04. The second kappa shape index (κ2) is 5.92. The van der Waals surface area contributed by atoms with Crippen molar-refractivity contribution in [3.8, 4) is 11.1 Å². The number of aromatic nitrogens is 4. The summed E-state index contributed by atoms with van der Waals surface area (Å²) in [6.07, 6.45) is 6.70. The van der Waals surface area contributed by atoms with E-state index in [-0.39, 0.29) is 5.91 Å². The maximum absolute atomic E-state index is 12.8. The molecule has 0 saturated carbocycles. The van der Waals surface area contributed by atoms with Gasteiger partial charge in [0, 0.05) is 30.2 Å². The fraction of sp³-hybridized carbons (Fsp3) is 0. The first-order valence-electron chi connectivity index (χ1n) is 7.42. The van der Waals surface area contributed by atoms with Crippen molar-refractivity contribution in [2.45, 2.75) is 0 Å². The van der Waals surface area contributed by atoms with E-state index in [9.17, 15) is 4.79 Å². The van der Waals surface area contributed by atoms with Crippen LogP contribution < -0.4 is 5.32 Å². The lowest BCUT2D eigenvalue weighted by molar-refractivity contribution is 0.102. The minimum absolute atomic E-state index is 0.203. The van der Waals surface area contributed by atoms with Crippen LogP contribution in [0.4, 0.5) is 5.82 Å². The Morgan fingerprint density at radius 1 is 0.917 bits per heavy atom. The summed E-state index contributed by atoms with van der Waals surface area (Å²) in [6, 6.07) is 14.7. The third-order valence-electron chi connectivity index (χ3n) is 3.69. The zero-order valence-corrected chi connectivity index (χ0v) is 12.6. The molecule has 3 heterocycles. The number of hydrogen-bond donors (Lipinski definition) is 1. The maximum atomic E-state index is 12.8. The topological polar surface area (TPSA) is 72.2 Å². The molecular formula is C18H13N5O. The van der Waals surface area contributed by atoms with E-state index in [4.69, 9.17) is 0 Å². The van der Waals surface area contributed by atoms with E-state index in [1.54, 1.807) is 47.5 Å². The normalized spacial score (nSPS) is 10.7. The Kier molecular flexibility index (Phi) is 3.47. The summed E-state index contributed by atoms with van der Waals surface area (Å²) < 4.78 is 1.59. The zero-order valence-electron chi connectivity index (χ0n) is 12.6. The maximum Gasteiger partial charge on any atom is 0.257 e. The number of hydrogen-bond acceptors (Lipinski definition) is 4. The summed E-state index contributed by atoms with van der Waals surface area (Å²) in [7, 11) is 0. The number of pyridine rings is 1. The molecule has 6 heteroatoms. The van der Waals surface area contributed by atoms with Crippen molar-refractivity contribution in [2.75, 3.05) is 5.32 Å². The molecule has 3 aromatic heterocycles. The highest BCUT2D eigenvalue weighted by Gasteiger charge is 2.14. The number of anilines is 1. The van der Waals surface area contributed by atoms with E-state index >= 15 is 0 Å². The average molecular weight is 315 g/mol. The third kappa shape index (κ3) is 2.50. The Morgan fingerprint density at radius 2 is 1.75 bits per heavy atom. The van der Waals surface area contributed by atoms with E-state index in [2.05, 4.69) is 20.4 Å². The second-order valence-corrected chi connectivity index (χ2v) is 5.17. The van der Waals surface area contributed by atoms with Gasteiger partial charge in [0.05, 0.1) is 6.20 Å². The van der Waals surface area contributed by atoms with Crippen LogP contribution in [0, 0.1) is 0 Å². The number of benzene rings is 1. The first-order chi connectivity index (χ1) is 11.8. The monoisotopic (exact) mass is 315 g/mol. The van der Waals surface area contributed by atoms with Crippen molar-refractivity contribution >= 4 is 17.4 Å². The van der Waals surface area contributed by atoms with Gasteiger partial charge in [0.1, 0.15) is 5.82 Å². The smallest absolute Gasteiger partial charge is 0.257 e. The summed E-state index contributed by atoms with van der Waals surface area (Å²) in [5.74, 6) is 0.366. The molecule has 1 N–H and O–H groups in total.